The van der Waals surface area contributed by atoms with Gasteiger partial charge in [-0.1, -0.05) is 6.92 Å². The molecule has 0 bridgehead atoms. The van der Waals surface area contributed by atoms with Crippen molar-refractivity contribution in [3.63, 3.8) is 0 Å². The predicted octanol–water partition coefficient (Wildman–Crippen LogP) is 3.85. The van der Waals surface area contributed by atoms with Crippen LogP contribution in [0.1, 0.15) is 59.2 Å². The minimum absolute atomic E-state index is 0.112. The molecule has 3 nitrogen and oxygen atoms in total. The number of rotatable bonds is 5. The maximum Gasteiger partial charge on any atom is 0.214 e. The third-order valence-corrected chi connectivity index (χ3v) is 3.04. The van der Waals surface area contributed by atoms with Crippen LogP contribution in [-0.4, -0.2) is 16.1 Å². The van der Waals surface area contributed by atoms with Gasteiger partial charge in [0.05, 0.1) is 0 Å². The summed E-state index contributed by atoms with van der Waals surface area (Å²) in [5.74, 6) is 0.720. The number of nitrogens with zero attached hydrogens (tertiary/aromatic N) is 1. The van der Waals surface area contributed by atoms with E-state index in [1.165, 1.54) is 5.56 Å². The zero-order chi connectivity index (χ0) is 14.7. The van der Waals surface area contributed by atoms with Crippen LogP contribution in [0.5, 0.6) is 5.88 Å². The minimum Gasteiger partial charge on any atom is -0.472 e. The summed E-state index contributed by atoms with van der Waals surface area (Å²) in [6, 6.07) is 4.13. The molecule has 3 heteroatoms. The highest BCUT2D eigenvalue weighted by Gasteiger charge is 2.18. The van der Waals surface area contributed by atoms with Crippen molar-refractivity contribution in [2.75, 3.05) is 0 Å². The van der Waals surface area contributed by atoms with Crippen molar-refractivity contribution in [2.24, 2.45) is 0 Å². The largest absolute Gasteiger partial charge is 0.472 e. The average Bonchev–Trinajstić information content (AvgIpc) is 2.24. The van der Waals surface area contributed by atoms with Crippen molar-refractivity contribution < 1.29 is 4.74 Å². The second kappa shape index (κ2) is 5.91. The van der Waals surface area contributed by atoms with Gasteiger partial charge < -0.3 is 10.1 Å². The van der Waals surface area contributed by atoms with Crippen molar-refractivity contribution in [1.82, 2.24) is 10.3 Å². The fourth-order valence-corrected chi connectivity index (χ4v) is 1.58. The van der Waals surface area contributed by atoms with Crippen LogP contribution in [-0.2, 0) is 6.54 Å². The lowest BCUT2D eigenvalue weighted by molar-refractivity contribution is 0.0987. The van der Waals surface area contributed by atoms with Crippen molar-refractivity contribution in [1.29, 1.82) is 0 Å². The highest BCUT2D eigenvalue weighted by molar-refractivity contribution is 5.25. The van der Waals surface area contributed by atoms with Gasteiger partial charge in [-0.15, -0.1) is 0 Å². The fourth-order valence-electron chi connectivity index (χ4n) is 1.58. The smallest absolute Gasteiger partial charge is 0.214 e. The molecule has 0 aliphatic carbocycles. The van der Waals surface area contributed by atoms with Crippen LogP contribution in [0.3, 0.4) is 0 Å². The van der Waals surface area contributed by atoms with Crippen LogP contribution in [0, 0.1) is 6.92 Å². The summed E-state index contributed by atoms with van der Waals surface area (Å²) in [4.78, 5) is 4.46. The molecule has 0 saturated heterocycles. The number of aryl methyl sites for hydroxylation is 1. The Bertz CT molecular complexity index is 419. The summed E-state index contributed by atoms with van der Waals surface area (Å²) in [6.45, 7) is 15.6. The van der Waals surface area contributed by atoms with E-state index in [0.717, 1.165) is 24.5 Å². The van der Waals surface area contributed by atoms with E-state index < -0.39 is 0 Å². The third-order valence-electron chi connectivity index (χ3n) is 3.04. The first-order valence-electron chi connectivity index (χ1n) is 7.03. The number of hydrogen-bond acceptors (Lipinski definition) is 3. The highest BCUT2D eigenvalue weighted by Crippen LogP contribution is 2.21. The van der Waals surface area contributed by atoms with Gasteiger partial charge in [0, 0.05) is 23.8 Å². The first kappa shape index (κ1) is 16.0. The molecular weight excluding hydrogens is 236 g/mol. The van der Waals surface area contributed by atoms with E-state index in [9.17, 15) is 0 Å². The molecule has 0 radical (unpaired) electrons. The Morgan fingerprint density at radius 2 is 1.79 bits per heavy atom. The van der Waals surface area contributed by atoms with Crippen LogP contribution >= 0.6 is 0 Å². The summed E-state index contributed by atoms with van der Waals surface area (Å²) < 4.78 is 5.97. The minimum atomic E-state index is -0.171. The lowest BCUT2D eigenvalue weighted by atomic mass is 10.1. The molecule has 0 spiro atoms. The van der Waals surface area contributed by atoms with Crippen LogP contribution in [0.15, 0.2) is 12.1 Å². The molecule has 0 aromatic carbocycles. The zero-order valence-corrected chi connectivity index (χ0v) is 13.4. The average molecular weight is 264 g/mol. The molecule has 1 rings (SSSR count). The topological polar surface area (TPSA) is 34.1 Å². The van der Waals surface area contributed by atoms with Gasteiger partial charge in [-0.2, -0.15) is 0 Å². The second-order valence-corrected chi connectivity index (χ2v) is 6.77. The molecule has 1 aromatic heterocycles. The summed E-state index contributed by atoms with van der Waals surface area (Å²) in [5, 5.41) is 3.49. The highest BCUT2D eigenvalue weighted by atomic mass is 16.5. The van der Waals surface area contributed by atoms with Crippen LogP contribution in [0.4, 0.5) is 0 Å². The third kappa shape index (κ3) is 6.06. The molecular formula is C16H28N2O. The van der Waals surface area contributed by atoms with E-state index in [4.69, 9.17) is 4.74 Å². The van der Waals surface area contributed by atoms with Crippen LogP contribution in [0.2, 0.25) is 0 Å². The van der Waals surface area contributed by atoms with Crippen LogP contribution < -0.4 is 10.1 Å². The summed E-state index contributed by atoms with van der Waals surface area (Å²) in [7, 11) is 0. The molecule has 108 valence electrons. The monoisotopic (exact) mass is 264 g/mol. The SMILES string of the molecule is CCC(C)(C)Oc1cc(CNC(C)(C)C)cc(C)n1. The maximum atomic E-state index is 5.97. The quantitative estimate of drug-likeness (QED) is 0.877. The number of ether oxygens (including phenoxy) is 1. The van der Waals surface area contributed by atoms with Gasteiger partial charge >= 0.3 is 0 Å². The van der Waals surface area contributed by atoms with Crippen LogP contribution in [0.25, 0.3) is 0 Å². The lowest BCUT2D eigenvalue weighted by Crippen LogP contribution is -2.35. The van der Waals surface area contributed by atoms with Gasteiger partial charge in [-0.05, 0) is 59.6 Å². The van der Waals surface area contributed by atoms with Gasteiger partial charge in [-0.3, -0.25) is 0 Å². The predicted molar refractivity (Wildman–Crippen MR) is 80.6 cm³/mol. The normalized spacial score (nSPS) is 12.6. The molecule has 0 aliphatic rings. The van der Waals surface area contributed by atoms with E-state index in [0.29, 0.717) is 0 Å². The maximum absolute atomic E-state index is 5.97. The molecule has 0 aliphatic heterocycles. The van der Waals surface area contributed by atoms with Crippen molar-refractivity contribution in [2.45, 2.75) is 72.6 Å². The van der Waals surface area contributed by atoms with Crippen molar-refractivity contribution >= 4 is 0 Å². The van der Waals surface area contributed by atoms with E-state index in [2.05, 4.69) is 57.9 Å². The molecule has 0 fully saturated rings. The Kier molecular flexibility index (Phi) is 4.97. The van der Waals surface area contributed by atoms with Gasteiger partial charge in [0.25, 0.3) is 0 Å². The number of aromatic nitrogens is 1. The fraction of sp³-hybridized carbons (Fsp3) is 0.688. The summed E-state index contributed by atoms with van der Waals surface area (Å²) in [6.07, 6.45) is 0.957. The number of pyridine rings is 1. The lowest BCUT2D eigenvalue weighted by Gasteiger charge is -2.25. The molecule has 0 saturated carbocycles. The Morgan fingerprint density at radius 1 is 1.16 bits per heavy atom. The van der Waals surface area contributed by atoms with Gasteiger partial charge in [-0.25, -0.2) is 4.98 Å². The molecule has 19 heavy (non-hydrogen) atoms. The Hall–Kier alpha value is -1.09. The van der Waals surface area contributed by atoms with Gasteiger partial charge in [0.2, 0.25) is 5.88 Å². The summed E-state index contributed by atoms with van der Waals surface area (Å²) >= 11 is 0. The molecule has 0 amide bonds. The van der Waals surface area contributed by atoms with E-state index >= 15 is 0 Å². The molecule has 0 unspecified atom stereocenters. The molecule has 0 atom stereocenters. The van der Waals surface area contributed by atoms with Gasteiger partial charge in [0.1, 0.15) is 5.60 Å². The Labute approximate surface area is 117 Å². The first-order chi connectivity index (χ1) is 8.61. The second-order valence-electron chi connectivity index (χ2n) is 6.77. The number of nitrogens with one attached hydrogen (secondary N) is 1. The van der Waals surface area contributed by atoms with E-state index in [1.807, 2.05) is 13.0 Å². The Morgan fingerprint density at radius 3 is 2.32 bits per heavy atom. The molecule has 1 aromatic rings. The first-order valence-corrected chi connectivity index (χ1v) is 7.03. The summed E-state index contributed by atoms with van der Waals surface area (Å²) in [5.41, 5.74) is 2.15. The van der Waals surface area contributed by atoms with Crippen molar-refractivity contribution in [3.05, 3.63) is 23.4 Å². The number of hydrogen-bond donors (Lipinski definition) is 1. The Balaban J connectivity index is 2.82. The molecule has 1 heterocycles. The molecule has 1 N–H and O–H groups in total. The van der Waals surface area contributed by atoms with E-state index in [1.54, 1.807) is 0 Å². The van der Waals surface area contributed by atoms with Crippen molar-refractivity contribution in [3.8, 4) is 5.88 Å². The standard InChI is InChI=1S/C16H28N2O/c1-8-16(6,7)19-14-10-13(9-12(2)18-14)11-17-15(3,4)5/h9-10,17H,8,11H2,1-7H3. The van der Waals surface area contributed by atoms with Gasteiger partial charge in [0.15, 0.2) is 0 Å². The zero-order valence-electron chi connectivity index (χ0n) is 13.4. The van der Waals surface area contributed by atoms with E-state index in [-0.39, 0.29) is 11.1 Å².